The van der Waals surface area contributed by atoms with E-state index in [0.717, 1.165) is 0 Å². The van der Waals surface area contributed by atoms with Crippen molar-refractivity contribution in [1.29, 1.82) is 0 Å². The Morgan fingerprint density at radius 1 is 1.71 bits per heavy atom. The average Bonchev–Trinajstić information content (AvgIpc) is 2.62. The van der Waals surface area contributed by atoms with E-state index in [1.165, 1.54) is 12.3 Å². The van der Waals surface area contributed by atoms with Gasteiger partial charge >= 0.3 is 5.97 Å². The molecule has 1 aromatic rings. The van der Waals surface area contributed by atoms with E-state index in [4.69, 9.17) is 10.8 Å². The number of aromatic carboxylic acids is 1. The van der Waals surface area contributed by atoms with E-state index in [-0.39, 0.29) is 18.7 Å². The maximum Gasteiger partial charge on any atom is 0.337 e. The number of rotatable bonds is 4. The first-order valence-electron chi connectivity index (χ1n) is 4.04. The van der Waals surface area contributed by atoms with Gasteiger partial charge in [0.15, 0.2) is 0 Å². The minimum Gasteiger partial charge on any atom is -0.478 e. The summed E-state index contributed by atoms with van der Waals surface area (Å²) < 4.78 is 13.7. The van der Waals surface area contributed by atoms with Gasteiger partial charge in [-0.3, -0.25) is 0 Å². The van der Waals surface area contributed by atoms with Crippen LogP contribution >= 0.6 is 0 Å². The molecule has 0 spiro atoms. The lowest BCUT2D eigenvalue weighted by atomic mass is 10.3. The molecular formula is C9H11FN2O2. The molecule has 1 aromatic heterocycles. The van der Waals surface area contributed by atoms with Crippen LogP contribution in [0.3, 0.4) is 0 Å². The summed E-state index contributed by atoms with van der Waals surface area (Å²) in [7, 11) is 0. The van der Waals surface area contributed by atoms with Crippen LogP contribution in [0.15, 0.2) is 30.4 Å². The normalized spacial score (nSPS) is 11.7. The number of aromatic nitrogens is 1. The molecule has 1 heterocycles. The van der Waals surface area contributed by atoms with Crippen molar-refractivity contribution in [2.75, 3.05) is 6.54 Å². The molecule has 0 aliphatic heterocycles. The number of hydrogen-bond donors (Lipinski definition) is 2. The first-order valence-corrected chi connectivity index (χ1v) is 4.04. The SMILES string of the molecule is NC/C(=C\F)Cn1ccc(C(=O)O)c1. The highest BCUT2D eigenvalue weighted by Crippen LogP contribution is 2.04. The van der Waals surface area contributed by atoms with Crippen molar-refractivity contribution in [3.05, 3.63) is 35.9 Å². The third kappa shape index (κ3) is 2.43. The minimum atomic E-state index is -0.998. The largest absolute Gasteiger partial charge is 0.478 e. The fraction of sp³-hybridized carbons (Fsp3) is 0.222. The zero-order chi connectivity index (χ0) is 10.6. The summed E-state index contributed by atoms with van der Waals surface area (Å²) >= 11 is 0. The van der Waals surface area contributed by atoms with Crippen LogP contribution < -0.4 is 5.73 Å². The van der Waals surface area contributed by atoms with Crippen LogP contribution in [0.4, 0.5) is 4.39 Å². The van der Waals surface area contributed by atoms with Gasteiger partial charge in [-0.1, -0.05) is 0 Å². The lowest BCUT2D eigenvalue weighted by Crippen LogP contribution is -2.08. The van der Waals surface area contributed by atoms with E-state index >= 15 is 0 Å². The summed E-state index contributed by atoms with van der Waals surface area (Å²) in [5.74, 6) is -0.998. The molecule has 0 radical (unpaired) electrons. The third-order valence-electron chi connectivity index (χ3n) is 1.80. The molecule has 3 N–H and O–H groups in total. The number of hydrogen-bond acceptors (Lipinski definition) is 2. The molecule has 14 heavy (non-hydrogen) atoms. The minimum absolute atomic E-state index is 0.122. The second-order valence-electron chi connectivity index (χ2n) is 2.85. The Labute approximate surface area is 80.4 Å². The molecule has 0 unspecified atom stereocenters. The van der Waals surface area contributed by atoms with Crippen LogP contribution in [-0.2, 0) is 6.54 Å². The summed E-state index contributed by atoms with van der Waals surface area (Å²) in [4.78, 5) is 10.5. The van der Waals surface area contributed by atoms with Crippen LogP contribution in [0.1, 0.15) is 10.4 Å². The van der Waals surface area contributed by atoms with E-state index in [9.17, 15) is 9.18 Å². The van der Waals surface area contributed by atoms with Gasteiger partial charge in [0.2, 0.25) is 0 Å². The van der Waals surface area contributed by atoms with E-state index in [0.29, 0.717) is 11.9 Å². The van der Waals surface area contributed by atoms with Crippen molar-refractivity contribution >= 4 is 5.97 Å². The first-order chi connectivity index (χ1) is 6.67. The standard InChI is InChI=1S/C9H11FN2O2/c10-3-7(4-11)5-12-2-1-8(6-12)9(13)14/h1-3,6H,4-5,11H2,(H,13,14)/b7-3+. The van der Waals surface area contributed by atoms with E-state index in [2.05, 4.69) is 0 Å². The van der Waals surface area contributed by atoms with Crippen LogP contribution in [0.25, 0.3) is 0 Å². The summed E-state index contributed by atoms with van der Waals surface area (Å²) in [6, 6.07) is 1.45. The first kappa shape index (κ1) is 10.5. The second-order valence-corrected chi connectivity index (χ2v) is 2.85. The zero-order valence-corrected chi connectivity index (χ0v) is 7.48. The van der Waals surface area contributed by atoms with E-state index < -0.39 is 5.97 Å². The predicted octanol–water partition coefficient (Wildman–Crippen LogP) is 0.998. The fourth-order valence-corrected chi connectivity index (χ4v) is 1.04. The highest BCUT2D eigenvalue weighted by atomic mass is 19.1. The van der Waals surface area contributed by atoms with E-state index in [1.54, 1.807) is 10.8 Å². The van der Waals surface area contributed by atoms with Crippen molar-refractivity contribution in [1.82, 2.24) is 4.57 Å². The zero-order valence-electron chi connectivity index (χ0n) is 7.48. The van der Waals surface area contributed by atoms with Gasteiger partial charge in [-0.2, -0.15) is 0 Å². The van der Waals surface area contributed by atoms with Gasteiger partial charge in [-0.15, -0.1) is 0 Å². The molecule has 0 bridgehead atoms. The molecule has 0 saturated carbocycles. The summed E-state index contributed by atoms with van der Waals surface area (Å²) in [6.07, 6.45) is 3.45. The van der Waals surface area contributed by atoms with Crippen LogP contribution in [0.5, 0.6) is 0 Å². The van der Waals surface area contributed by atoms with Crippen LogP contribution in [-0.4, -0.2) is 22.2 Å². The molecule has 0 aliphatic rings. The Balaban J connectivity index is 2.73. The summed E-state index contributed by atoms with van der Waals surface area (Å²) in [5.41, 5.74) is 5.85. The Hall–Kier alpha value is -1.62. The monoisotopic (exact) mass is 198 g/mol. The fourth-order valence-electron chi connectivity index (χ4n) is 1.04. The molecule has 0 aromatic carbocycles. The molecule has 0 aliphatic carbocycles. The maximum atomic E-state index is 12.1. The Morgan fingerprint density at radius 3 is 2.86 bits per heavy atom. The van der Waals surface area contributed by atoms with Crippen molar-refractivity contribution in [2.24, 2.45) is 5.73 Å². The number of nitrogens with two attached hydrogens (primary N) is 1. The molecule has 4 nitrogen and oxygen atoms in total. The number of carboxylic acids is 1. The number of halogens is 1. The topological polar surface area (TPSA) is 68.2 Å². The summed E-state index contributed by atoms with van der Waals surface area (Å²) in [6.45, 7) is 0.400. The van der Waals surface area contributed by atoms with Gasteiger partial charge in [0.05, 0.1) is 11.9 Å². The van der Waals surface area contributed by atoms with Crippen molar-refractivity contribution in [3.8, 4) is 0 Å². The molecule has 5 heteroatoms. The molecule has 0 atom stereocenters. The summed E-state index contributed by atoms with van der Waals surface area (Å²) in [5, 5.41) is 8.62. The van der Waals surface area contributed by atoms with Crippen molar-refractivity contribution in [2.45, 2.75) is 6.54 Å². The smallest absolute Gasteiger partial charge is 0.337 e. The van der Waals surface area contributed by atoms with Crippen LogP contribution in [0.2, 0.25) is 0 Å². The third-order valence-corrected chi connectivity index (χ3v) is 1.80. The number of carboxylic acid groups (broad SMARTS) is 1. The van der Waals surface area contributed by atoms with Gasteiger partial charge in [0.1, 0.15) is 0 Å². The van der Waals surface area contributed by atoms with Gasteiger partial charge in [0, 0.05) is 25.5 Å². The Bertz CT molecular complexity index is 357. The second kappa shape index (κ2) is 4.57. The van der Waals surface area contributed by atoms with Crippen molar-refractivity contribution in [3.63, 3.8) is 0 Å². The maximum absolute atomic E-state index is 12.1. The lowest BCUT2D eigenvalue weighted by molar-refractivity contribution is 0.0697. The van der Waals surface area contributed by atoms with Gasteiger partial charge in [-0.05, 0) is 11.6 Å². The van der Waals surface area contributed by atoms with Gasteiger partial charge in [0.25, 0.3) is 0 Å². The van der Waals surface area contributed by atoms with Gasteiger partial charge < -0.3 is 15.4 Å². The highest BCUT2D eigenvalue weighted by molar-refractivity contribution is 5.87. The number of nitrogens with zero attached hydrogens (tertiary/aromatic N) is 1. The Morgan fingerprint density at radius 2 is 2.43 bits per heavy atom. The Kier molecular flexibility index (Phi) is 3.41. The molecular weight excluding hydrogens is 187 g/mol. The lowest BCUT2D eigenvalue weighted by Gasteiger charge is -2.03. The molecule has 0 amide bonds. The molecule has 0 saturated heterocycles. The molecule has 1 rings (SSSR count). The highest BCUT2D eigenvalue weighted by Gasteiger charge is 2.04. The van der Waals surface area contributed by atoms with Crippen LogP contribution in [0, 0.1) is 0 Å². The predicted molar refractivity (Wildman–Crippen MR) is 49.6 cm³/mol. The molecule has 0 fully saturated rings. The number of carbonyl (C=O) groups is 1. The van der Waals surface area contributed by atoms with E-state index in [1.807, 2.05) is 0 Å². The van der Waals surface area contributed by atoms with Crippen molar-refractivity contribution < 1.29 is 14.3 Å². The molecule has 76 valence electrons. The average molecular weight is 198 g/mol. The quantitative estimate of drug-likeness (QED) is 0.758. The van der Waals surface area contributed by atoms with Gasteiger partial charge in [-0.25, -0.2) is 9.18 Å².